The van der Waals surface area contributed by atoms with Crippen molar-refractivity contribution >= 4 is 34.5 Å². The molecule has 2 aromatic rings. The van der Waals surface area contributed by atoms with Gasteiger partial charge in [0.1, 0.15) is 0 Å². The zero-order chi connectivity index (χ0) is 16.0. The molecule has 0 bridgehead atoms. The lowest BCUT2D eigenvalue weighted by molar-refractivity contribution is -0.112. The zero-order valence-corrected chi connectivity index (χ0v) is 13.7. The van der Waals surface area contributed by atoms with Crippen molar-refractivity contribution in [2.45, 2.75) is 12.8 Å². The average molecular weight is 325 g/mol. The van der Waals surface area contributed by atoms with E-state index in [1.807, 2.05) is 48.5 Å². The number of fused-ring (bicyclic) bond motifs is 1. The summed E-state index contributed by atoms with van der Waals surface area (Å²) in [6, 6.07) is 15.4. The summed E-state index contributed by atoms with van der Waals surface area (Å²) in [5.74, 6) is 0.0530. The Kier molecular flexibility index (Phi) is 3.38. The van der Waals surface area contributed by atoms with E-state index in [1.165, 1.54) is 0 Å². The Balaban J connectivity index is 1.90. The van der Waals surface area contributed by atoms with Gasteiger partial charge in [-0.1, -0.05) is 29.8 Å². The van der Waals surface area contributed by atoms with Gasteiger partial charge in [0.05, 0.1) is 11.3 Å². The highest BCUT2D eigenvalue weighted by molar-refractivity contribution is 6.35. The van der Waals surface area contributed by atoms with E-state index in [9.17, 15) is 4.79 Å². The lowest BCUT2D eigenvalue weighted by atomic mass is 10.0. The number of allylic oxidation sites excluding steroid dienone is 1. The molecule has 0 N–H and O–H groups in total. The van der Waals surface area contributed by atoms with Gasteiger partial charge in [-0.25, -0.2) is 0 Å². The highest BCUT2D eigenvalue weighted by Crippen LogP contribution is 2.44. The smallest absolute Gasteiger partial charge is 0.265 e. The standard InChI is InChI=1S/C19H17ClN2O/c1-21-12-4-7-17(21)18-15-5-2-3-6-16(15)22(19(18)23)14-10-8-13(20)9-11-14/h2-3,5-6,8-11H,4,7,12H2,1H3. The summed E-state index contributed by atoms with van der Waals surface area (Å²) in [7, 11) is 2.07. The number of carbonyl (C=O) groups is 1. The first kappa shape index (κ1) is 14.3. The summed E-state index contributed by atoms with van der Waals surface area (Å²) in [6.07, 6.45) is 2.06. The normalized spacial score (nSPS) is 20.3. The lowest BCUT2D eigenvalue weighted by Gasteiger charge is -2.18. The Morgan fingerprint density at radius 2 is 1.78 bits per heavy atom. The van der Waals surface area contributed by atoms with Crippen molar-refractivity contribution in [2.75, 3.05) is 18.5 Å². The van der Waals surface area contributed by atoms with Gasteiger partial charge in [0.2, 0.25) is 0 Å². The Morgan fingerprint density at radius 3 is 2.48 bits per heavy atom. The van der Waals surface area contributed by atoms with E-state index in [-0.39, 0.29) is 5.91 Å². The summed E-state index contributed by atoms with van der Waals surface area (Å²) in [6.45, 7) is 1.01. The minimum atomic E-state index is 0.0530. The van der Waals surface area contributed by atoms with Gasteiger partial charge < -0.3 is 4.90 Å². The van der Waals surface area contributed by atoms with Gasteiger partial charge >= 0.3 is 0 Å². The van der Waals surface area contributed by atoms with Crippen LogP contribution in [0.1, 0.15) is 18.4 Å². The van der Waals surface area contributed by atoms with Gasteiger partial charge in [-0.05, 0) is 43.2 Å². The van der Waals surface area contributed by atoms with Gasteiger partial charge in [-0.15, -0.1) is 0 Å². The van der Waals surface area contributed by atoms with E-state index in [1.54, 1.807) is 4.90 Å². The molecule has 2 aliphatic heterocycles. The number of nitrogens with zero attached hydrogens (tertiary/aromatic N) is 2. The summed E-state index contributed by atoms with van der Waals surface area (Å²) in [5.41, 5.74) is 4.82. The molecule has 4 rings (SSSR count). The summed E-state index contributed by atoms with van der Waals surface area (Å²) < 4.78 is 0. The molecule has 1 saturated heterocycles. The molecule has 116 valence electrons. The molecule has 1 amide bonds. The second-order valence-electron chi connectivity index (χ2n) is 5.98. The van der Waals surface area contributed by atoms with Crippen LogP contribution in [0.5, 0.6) is 0 Å². The lowest BCUT2D eigenvalue weighted by Crippen LogP contribution is -2.22. The maximum atomic E-state index is 13.2. The third-order valence-corrected chi connectivity index (χ3v) is 4.82. The van der Waals surface area contributed by atoms with Crippen LogP contribution in [0.2, 0.25) is 5.02 Å². The van der Waals surface area contributed by atoms with Crippen LogP contribution < -0.4 is 4.90 Å². The minimum absolute atomic E-state index is 0.0530. The highest BCUT2D eigenvalue weighted by Gasteiger charge is 2.36. The Hall–Kier alpha value is -2.26. The number of rotatable bonds is 1. The van der Waals surface area contributed by atoms with E-state index < -0.39 is 0 Å². The maximum absolute atomic E-state index is 13.2. The monoisotopic (exact) mass is 324 g/mol. The third-order valence-electron chi connectivity index (χ3n) is 4.57. The fourth-order valence-corrected chi connectivity index (χ4v) is 3.59. The average Bonchev–Trinajstić information content (AvgIpc) is 3.09. The molecular weight excluding hydrogens is 308 g/mol. The molecule has 4 heteroatoms. The molecule has 0 radical (unpaired) electrons. The molecular formula is C19H17ClN2O. The fraction of sp³-hybridized carbons (Fsp3) is 0.211. The molecule has 0 unspecified atom stereocenters. The van der Waals surface area contributed by atoms with Gasteiger partial charge in [-0.3, -0.25) is 9.69 Å². The topological polar surface area (TPSA) is 23.6 Å². The number of anilines is 2. The van der Waals surface area contributed by atoms with Crippen molar-refractivity contribution in [3.8, 4) is 0 Å². The number of hydrogen-bond acceptors (Lipinski definition) is 2. The van der Waals surface area contributed by atoms with E-state index >= 15 is 0 Å². The molecule has 2 aliphatic rings. The van der Waals surface area contributed by atoms with Crippen molar-refractivity contribution in [1.82, 2.24) is 4.90 Å². The van der Waals surface area contributed by atoms with Crippen LogP contribution in [-0.2, 0) is 4.79 Å². The molecule has 0 spiro atoms. The third kappa shape index (κ3) is 2.23. The van der Waals surface area contributed by atoms with Gasteiger partial charge in [-0.2, -0.15) is 0 Å². The van der Waals surface area contributed by atoms with E-state index in [0.717, 1.165) is 47.6 Å². The summed E-state index contributed by atoms with van der Waals surface area (Å²) in [5, 5.41) is 0.669. The molecule has 0 aromatic heterocycles. The largest absolute Gasteiger partial charge is 0.377 e. The molecule has 0 saturated carbocycles. The number of likely N-dealkylation sites (tertiary alicyclic amines) is 1. The second kappa shape index (κ2) is 5.43. The van der Waals surface area contributed by atoms with Crippen molar-refractivity contribution in [1.29, 1.82) is 0 Å². The molecule has 0 aliphatic carbocycles. The van der Waals surface area contributed by atoms with Gasteiger partial charge in [0, 0.05) is 35.6 Å². The zero-order valence-electron chi connectivity index (χ0n) is 12.9. The molecule has 23 heavy (non-hydrogen) atoms. The first-order chi connectivity index (χ1) is 11.2. The summed E-state index contributed by atoms with van der Waals surface area (Å²) in [4.78, 5) is 17.2. The molecule has 1 fully saturated rings. The Labute approximate surface area is 140 Å². The SMILES string of the molecule is CN1CCCC1=C1C(=O)N(c2ccc(Cl)cc2)c2ccccc21. The van der Waals surface area contributed by atoms with Crippen LogP contribution in [0, 0.1) is 0 Å². The number of amides is 1. The van der Waals surface area contributed by atoms with E-state index in [0.29, 0.717) is 5.02 Å². The van der Waals surface area contributed by atoms with Crippen LogP contribution >= 0.6 is 11.6 Å². The van der Waals surface area contributed by atoms with Crippen LogP contribution in [0.25, 0.3) is 5.57 Å². The summed E-state index contributed by atoms with van der Waals surface area (Å²) >= 11 is 5.99. The van der Waals surface area contributed by atoms with E-state index in [4.69, 9.17) is 11.6 Å². The molecule has 3 nitrogen and oxygen atoms in total. The number of para-hydroxylation sites is 1. The number of halogens is 1. The molecule has 0 atom stereocenters. The van der Waals surface area contributed by atoms with Crippen molar-refractivity contribution in [3.05, 3.63) is 64.8 Å². The van der Waals surface area contributed by atoms with Crippen LogP contribution in [-0.4, -0.2) is 24.4 Å². The Bertz CT molecular complexity index is 810. The number of carbonyl (C=O) groups excluding carboxylic acids is 1. The highest BCUT2D eigenvalue weighted by atomic mass is 35.5. The van der Waals surface area contributed by atoms with Crippen LogP contribution in [0.15, 0.2) is 54.2 Å². The van der Waals surface area contributed by atoms with Crippen molar-refractivity contribution in [2.24, 2.45) is 0 Å². The number of hydrogen-bond donors (Lipinski definition) is 0. The van der Waals surface area contributed by atoms with Gasteiger partial charge in [0.15, 0.2) is 0 Å². The maximum Gasteiger partial charge on any atom is 0.265 e. The fourth-order valence-electron chi connectivity index (χ4n) is 3.47. The predicted octanol–water partition coefficient (Wildman–Crippen LogP) is 4.46. The van der Waals surface area contributed by atoms with Crippen LogP contribution in [0.4, 0.5) is 11.4 Å². The molecule has 2 heterocycles. The predicted molar refractivity (Wildman–Crippen MR) is 93.8 cm³/mol. The quantitative estimate of drug-likeness (QED) is 0.723. The minimum Gasteiger partial charge on any atom is -0.377 e. The Morgan fingerprint density at radius 1 is 1.04 bits per heavy atom. The van der Waals surface area contributed by atoms with Crippen molar-refractivity contribution in [3.63, 3.8) is 0 Å². The molecule has 2 aromatic carbocycles. The van der Waals surface area contributed by atoms with E-state index in [2.05, 4.69) is 11.9 Å². The van der Waals surface area contributed by atoms with Crippen LogP contribution in [0.3, 0.4) is 0 Å². The first-order valence-electron chi connectivity index (χ1n) is 7.80. The number of benzene rings is 2. The second-order valence-corrected chi connectivity index (χ2v) is 6.42. The first-order valence-corrected chi connectivity index (χ1v) is 8.18. The van der Waals surface area contributed by atoms with Gasteiger partial charge in [0.25, 0.3) is 5.91 Å². The van der Waals surface area contributed by atoms with Crippen molar-refractivity contribution < 1.29 is 4.79 Å².